The van der Waals surface area contributed by atoms with Gasteiger partial charge < -0.3 is 0 Å². The second kappa shape index (κ2) is 10.0. The molecule has 0 fully saturated rings. The monoisotopic (exact) mass is 493 g/mol. The zero-order valence-electron chi connectivity index (χ0n) is 20.4. The zero-order valence-corrected chi connectivity index (χ0v) is 21.2. The third kappa shape index (κ3) is 4.33. The fraction of sp³-hybridized carbons (Fsp3) is 0.444. The lowest BCUT2D eigenvalue weighted by Crippen LogP contribution is -2.05. The molecule has 182 valence electrons. The fourth-order valence-electron chi connectivity index (χ4n) is 4.88. The maximum absolute atomic E-state index is 14.3. The molecule has 2 aromatic heterocycles. The number of aryl methyl sites for hydroxylation is 2. The van der Waals surface area contributed by atoms with E-state index in [1.165, 1.54) is 50.7 Å². The van der Waals surface area contributed by atoms with Gasteiger partial charge in [-0.1, -0.05) is 51.9 Å². The summed E-state index contributed by atoms with van der Waals surface area (Å²) in [5, 5.41) is 0. The molecule has 4 aromatic rings. The second-order valence-corrected chi connectivity index (χ2v) is 9.88. The Hall–Kier alpha value is -2.87. The average Bonchev–Trinajstić information content (AvgIpc) is 3.45. The van der Waals surface area contributed by atoms with E-state index >= 15 is 0 Å². The molecule has 0 aliphatic heterocycles. The molecule has 2 heterocycles. The number of benzene rings is 2. The molecular weight excluding hydrogens is 464 g/mol. The van der Waals surface area contributed by atoms with Gasteiger partial charge in [-0.15, -0.1) is 0 Å². The first-order chi connectivity index (χ1) is 17.0. The van der Waals surface area contributed by atoms with Crippen LogP contribution in [0.3, 0.4) is 0 Å². The number of aliphatic imine (C=N–C) groups is 1. The molecule has 5 rings (SSSR count). The Morgan fingerprint density at radius 3 is 1.89 bits per heavy atom. The number of fused-ring (bicyclic) bond motifs is 5. The van der Waals surface area contributed by atoms with Crippen molar-refractivity contribution in [2.45, 2.75) is 72.1 Å². The molecule has 0 amide bonds. The van der Waals surface area contributed by atoms with E-state index in [0.29, 0.717) is 40.3 Å². The minimum Gasteiger partial charge on any atom is -0.282 e. The molecule has 0 radical (unpaired) electrons. The Balaban J connectivity index is 1.49. The lowest BCUT2D eigenvalue weighted by molar-refractivity contribution is 0.509. The molecule has 8 heteroatoms. The molecule has 2 aromatic carbocycles. The minimum absolute atomic E-state index is 0.538. The van der Waals surface area contributed by atoms with Crippen molar-refractivity contribution in [1.29, 1.82) is 0 Å². The molecule has 0 atom stereocenters. The number of aromatic nitrogens is 4. The summed E-state index contributed by atoms with van der Waals surface area (Å²) in [4.78, 5) is 14.7. The third-order valence-corrected chi connectivity index (χ3v) is 7.41. The number of nitrogens with zero attached hydrogens (tertiary/aromatic N) is 5. The first-order valence-electron chi connectivity index (χ1n) is 12.5. The van der Waals surface area contributed by atoms with Crippen LogP contribution in [0.2, 0.25) is 0 Å². The first kappa shape index (κ1) is 23.9. The average molecular weight is 494 g/mol. The summed E-state index contributed by atoms with van der Waals surface area (Å²) in [7, 11) is 0. The van der Waals surface area contributed by atoms with E-state index in [1.54, 1.807) is 0 Å². The second-order valence-electron chi connectivity index (χ2n) is 9.35. The SMILES string of the molecule is CCCCCCCCCCN=C1c2cc(F)c(F)cc2-c2nc3c(C)c4nsnc4c(C)c3nc21. The van der Waals surface area contributed by atoms with E-state index in [1.807, 2.05) is 13.8 Å². The minimum atomic E-state index is -0.895. The van der Waals surface area contributed by atoms with Crippen molar-refractivity contribution in [3.05, 3.63) is 46.2 Å². The molecule has 0 spiro atoms. The van der Waals surface area contributed by atoms with Crippen molar-refractivity contribution < 1.29 is 8.78 Å². The molecule has 1 aliphatic rings. The summed E-state index contributed by atoms with van der Waals surface area (Å²) in [6.45, 7) is 6.76. The van der Waals surface area contributed by atoms with Gasteiger partial charge in [0.25, 0.3) is 0 Å². The van der Waals surface area contributed by atoms with Crippen LogP contribution in [0.15, 0.2) is 17.1 Å². The van der Waals surface area contributed by atoms with E-state index in [9.17, 15) is 8.78 Å². The van der Waals surface area contributed by atoms with Crippen LogP contribution in [0.25, 0.3) is 33.3 Å². The highest BCUT2D eigenvalue weighted by atomic mass is 32.1. The van der Waals surface area contributed by atoms with Crippen LogP contribution in [0, 0.1) is 25.5 Å². The molecule has 0 bridgehead atoms. The number of hydrogen-bond acceptors (Lipinski definition) is 6. The Kier molecular flexibility index (Phi) is 6.82. The van der Waals surface area contributed by atoms with Crippen LogP contribution in [0.5, 0.6) is 0 Å². The lowest BCUT2D eigenvalue weighted by Gasteiger charge is -2.09. The van der Waals surface area contributed by atoms with Gasteiger partial charge in [-0.25, -0.2) is 18.7 Å². The van der Waals surface area contributed by atoms with E-state index in [4.69, 9.17) is 15.0 Å². The Morgan fingerprint density at radius 1 is 0.714 bits per heavy atom. The summed E-state index contributed by atoms with van der Waals surface area (Å²) < 4.78 is 37.4. The Morgan fingerprint density at radius 2 is 1.26 bits per heavy atom. The molecular formula is C27H29F2N5S. The molecule has 1 aliphatic carbocycles. The van der Waals surface area contributed by atoms with Gasteiger partial charge in [-0.05, 0) is 32.4 Å². The van der Waals surface area contributed by atoms with Crippen molar-refractivity contribution in [1.82, 2.24) is 18.7 Å². The Labute approximate surface area is 208 Å². The van der Waals surface area contributed by atoms with E-state index in [-0.39, 0.29) is 0 Å². The predicted octanol–water partition coefficient (Wildman–Crippen LogP) is 7.49. The van der Waals surface area contributed by atoms with Crippen LogP contribution >= 0.6 is 11.7 Å². The van der Waals surface area contributed by atoms with Gasteiger partial charge >= 0.3 is 0 Å². The highest BCUT2D eigenvalue weighted by molar-refractivity contribution is 7.00. The van der Waals surface area contributed by atoms with E-state index in [2.05, 4.69) is 15.7 Å². The summed E-state index contributed by atoms with van der Waals surface area (Å²) in [6.07, 6.45) is 9.68. The standard InChI is InChI=1S/C27H29F2N5S/c1-4-5-6-7-8-9-10-11-12-30-25-17-13-19(28)20(29)14-18(17)26-27(25)32-22-16(3)24-23(33-35-34-24)15(2)21(22)31-26/h13-14H,4-12H2,1-3H3. The highest BCUT2D eigenvalue weighted by Gasteiger charge is 2.31. The smallest absolute Gasteiger partial charge is 0.159 e. The van der Waals surface area contributed by atoms with Gasteiger partial charge in [0, 0.05) is 28.8 Å². The number of halogens is 2. The molecule has 0 N–H and O–H groups in total. The summed E-state index contributed by atoms with van der Waals surface area (Å²) in [6, 6.07) is 2.44. The van der Waals surface area contributed by atoms with Gasteiger partial charge in [0.2, 0.25) is 0 Å². The van der Waals surface area contributed by atoms with Gasteiger partial charge in [0.15, 0.2) is 11.6 Å². The molecule has 5 nitrogen and oxygen atoms in total. The van der Waals surface area contributed by atoms with Crippen molar-refractivity contribution in [3.63, 3.8) is 0 Å². The van der Waals surface area contributed by atoms with Gasteiger partial charge in [0.05, 0.1) is 34.2 Å². The highest BCUT2D eigenvalue weighted by Crippen LogP contribution is 2.39. The third-order valence-electron chi connectivity index (χ3n) is 6.88. The van der Waals surface area contributed by atoms with Gasteiger partial charge in [-0.3, -0.25) is 4.99 Å². The van der Waals surface area contributed by atoms with Gasteiger partial charge in [-0.2, -0.15) is 8.75 Å². The Bertz CT molecular complexity index is 1440. The fourth-order valence-corrected chi connectivity index (χ4v) is 5.53. The van der Waals surface area contributed by atoms with Crippen LogP contribution in [0.4, 0.5) is 8.78 Å². The summed E-state index contributed by atoms with van der Waals surface area (Å²) in [5.74, 6) is -1.78. The molecule has 0 saturated heterocycles. The molecule has 0 unspecified atom stereocenters. The zero-order chi connectivity index (χ0) is 24.5. The van der Waals surface area contributed by atoms with Gasteiger partial charge in [0.1, 0.15) is 16.7 Å². The van der Waals surface area contributed by atoms with Crippen molar-refractivity contribution in [2.24, 2.45) is 4.99 Å². The van der Waals surface area contributed by atoms with E-state index < -0.39 is 11.6 Å². The lowest BCUT2D eigenvalue weighted by atomic mass is 10.1. The first-order valence-corrected chi connectivity index (χ1v) is 13.2. The molecule has 35 heavy (non-hydrogen) atoms. The van der Waals surface area contributed by atoms with Crippen LogP contribution in [-0.4, -0.2) is 31.0 Å². The van der Waals surface area contributed by atoms with E-state index in [0.717, 1.165) is 52.2 Å². The summed E-state index contributed by atoms with van der Waals surface area (Å²) >= 11 is 1.16. The van der Waals surface area contributed by atoms with Crippen LogP contribution in [-0.2, 0) is 0 Å². The summed E-state index contributed by atoms with van der Waals surface area (Å²) in [5.41, 5.74) is 7.68. The number of unbranched alkanes of at least 4 members (excludes halogenated alkanes) is 7. The normalized spacial score (nSPS) is 13.8. The van der Waals surface area contributed by atoms with Crippen molar-refractivity contribution in [3.8, 4) is 11.3 Å². The number of hydrogen-bond donors (Lipinski definition) is 0. The van der Waals surface area contributed by atoms with Crippen LogP contribution < -0.4 is 0 Å². The maximum Gasteiger partial charge on any atom is 0.159 e. The maximum atomic E-state index is 14.3. The quantitative estimate of drug-likeness (QED) is 0.200. The number of rotatable bonds is 9. The van der Waals surface area contributed by atoms with Crippen molar-refractivity contribution >= 4 is 39.5 Å². The molecule has 0 saturated carbocycles. The predicted molar refractivity (Wildman–Crippen MR) is 138 cm³/mol. The van der Waals surface area contributed by atoms with Crippen molar-refractivity contribution in [2.75, 3.05) is 6.54 Å². The topological polar surface area (TPSA) is 63.9 Å². The van der Waals surface area contributed by atoms with Crippen LogP contribution in [0.1, 0.15) is 80.7 Å². The largest absolute Gasteiger partial charge is 0.282 e.